The summed E-state index contributed by atoms with van der Waals surface area (Å²) in [5.74, 6) is -0.0646. The Balaban J connectivity index is 2.47. The zero-order valence-electron chi connectivity index (χ0n) is 11.6. The van der Waals surface area contributed by atoms with Gasteiger partial charge in [0, 0.05) is 30.4 Å². The van der Waals surface area contributed by atoms with Crippen molar-refractivity contribution in [3.63, 3.8) is 0 Å². The molecule has 106 valence electrons. The highest BCUT2D eigenvalue weighted by molar-refractivity contribution is 7.99. The first-order chi connectivity index (χ1) is 9.06. The summed E-state index contributed by atoms with van der Waals surface area (Å²) in [6.07, 6.45) is 2.00. The third-order valence-electron chi connectivity index (χ3n) is 2.94. The second-order valence-corrected chi connectivity index (χ2v) is 5.58. The fourth-order valence-corrected chi connectivity index (χ4v) is 2.41. The van der Waals surface area contributed by atoms with Crippen molar-refractivity contribution >= 4 is 23.4 Å². The van der Waals surface area contributed by atoms with E-state index in [0.717, 1.165) is 17.8 Å². The van der Waals surface area contributed by atoms with Gasteiger partial charge in [-0.05, 0) is 30.9 Å². The predicted molar refractivity (Wildman–Crippen MR) is 81.4 cm³/mol. The summed E-state index contributed by atoms with van der Waals surface area (Å²) >= 11 is 1.66. The largest absolute Gasteiger partial charge is 0.395 e. The lowest BCUT2D eigenvalue weighted by molar-refractivity contribution is -0.114. The molecular weight excluding hydrogens is 260 g/mol. The standard InChI is InChI=1S/C14H22N2O2S/c1-10(14(9-17)19-3)15-8-12-4-6-13(7-5-12)16-11(2)18/h4-7,10,14-15,17H,8-9H2,1-3H3,(H,16,18). The molecule has 2 unspecified atom stereocenters. The lowest BCUT2D eigenvalue weighted by atomic mass is 10.1. The highest BCUT2D eigenvalue weighted by atomic mass is 32.2. The number of rotatable bonds is 7. The van der Waals surface area contributed by atoms with Crippen LogP contribution in [0.3, 0.4) is 0 Å². The monoisotopic (exact) mass is 282 g/mol. The molecule has 1 aromatic carbocycles. The van der Waals surface area contributed by atoms with Gasteiger partial charge in [-0.2, -0.15) is 11.8 Å². The van der Waals surface area contributed by atoms with Crippen LogP contribution in [0.4, 0.5) is 5.69 Å². The number of carbonyl (C=O) groups is 1. The van der Waals surface area contributed by atoms with Crippen LogP contribution in [0.5, 0.6) is 0 Å². The molecule has 3 N–H and O–H groups in total. The van der Waals surface area contributed by atoms with Crippen molar-refractivity contribution in [1.82, 2.24) is 5.32 Å². The van der Waals surface area contributed by atoms with Crippen molar-refractivity contribution in [3.8, 4) is 0 Å². The molecule has 0 aliphatic carbocycles. The van der Waals surface area contributed by atoms with Crippen molar-refractivity contribution in [2.45, 2.75) is 31.7 Å². The minimum absolute atomic E-state index is 0.0646. The topological polar surface area (TPSA) is 61.4 Å². The van der Waals surface area contributed by atoms with E-state index in [1.165, 1.54) is 6.92 Å². The highest BCUT2D eigenvalue weighted by Crippen LogP contribution is 2.12. The van der Waals surface area contributed by atoms with Gasteiger partial charge in [0.2, 0.25) is 5.91 Å². The summed E-state index contributed by atoms with van der Waals surface area (Å²) in [5.41, 5.74) is 1.96. The van der Waals surface area contributed by atoms with Crippen LogP contribution in [0, 0.1) is 0 Å². The fourth-order valence-electron chi connectivity index (χ4n) is 1.76. The minimum atomic E-state index is -0.0646. The van der Waals surface area contributed by atoms with Crippen LogP contribution in [-0.4, -0.2) is 35.2 Å². The first-order valence-electron chi connectivity index (χ1n) is 6.30. The summed E-state index contributed by atoms with van der Waals surface area (Å²) in [7, 11) is 0. The average Bonchev–Trinajstić information content (AvgIpc) is 2.38. The van der Waals surface area contributed by atoms with E-state index < -0.39 is 0 Å². The summed E-state index contributed by atoms with van der Waals surface area (Å²) in [5, 5.41) is 15.6. The Labute approximate surface area is 119 Å². The SMILES string of the molecule is CSC(CO)C(C)NCc1ccc(NC(C)=O)cc1. The average molecular weight is 282 g/mol. The van der Waals surface area contributed by atoms with Gasteiger partial charge in [0.15, 0.2) is 0 Å². The van der Waals surface area contributed by atoms with Crippen LogP contribution < -0.4 is 10.6 Å². The number of thioether (sulfide) groups is 1. The maximum Gasteiger partial charge on any atom is 0.221 e. The number of anilines is 1. The van der Waals surface area contributed by atoms with E-state index in [-0.39, 0.29) is 23.8 Å². The second kappa shape index (κ2) is 8.19. The number of amides is 1. The Bertz CT molecular complexity index is 391. The van der Waals surface area contributed by atoms with Crippen LogP contribution in [-0.2, 0) is 11.3 Å². The summed E-state index contributed by atoms with van der Waals surface area (Å²) in [6.45, 7) is 4.49. The van der Waals surface area contributed by atoms with Crippen LogP contribution >= 0.6 is 11.8 Å². The Kier molecular flexibility index (Phi) is 6.91. The van der Waals surface area contributed by atoms with E-state index in [0.29, 0.717) is 0 Å². The van der Waals surface area contributed by atoms with Crippen molar-refractivity contribution in [2.75, 3.05) is 18.2 Å². The molecule has 19 heavy (non-hydrogen) atoms. The van der Waals surface area contributed by atoms with Gasteiger partial charge in [-0.1, -0.05) is 12.1 Å². The zero-order chi connectivity index (χ0) is 14.3. The number of aliphatic hydroxyl groups is 1. The van der Waals surface area contributed by atoms with E-state index in [2.05, 4.69) is 17.6 Å². The molecular formula is C14H22N2O2S. The molecule has 0 aromatic heterocycles. The second-order valence-electron chi connectivity index (χ2n) is 4.50. The van der Waals surface area contributed by atoms with Gasteiger partial charge in [0.05, 0.1) is 6.61 Å². The number of nitrogens with one attached hydrogen (secondary N) is 2. The smallest absolute Gasteiger partial charge is 0.221 e. The van der Waals surface area contributed by atoms with Crippen LogP contribution in [0.15, 0.2) is 24.3 Å². The van der Waals surface area contributed by atoms with Gasteiger partial charge in [0.25, 0.3) is 0 Å². The number of benzene rings is 1. The van der Waals surface area contributed by atoms with Gasteiger partial charge in [-0.15, -0.1) is 0 Å². The molecule has 1 aromatic rings. The summed E-state index contributed by atoms with van der Waals surface area (Å²) in [4.78, 5) is 10.9. The van der Waals surface area contributed by atoms with E-state index in [9.17, 15) is 9.90 Å². The predicted octanol–water partition coefficient (Wildman–Crippen LogP) is 1.85. The minimum Gasteiger partial charge on any atom is -0.395 e. The number of hydrogen-bond donors (Lipinski definition) is 3. The molecule has 0 saturated heterocycles. The summed E-state index contributed by atoms with van der Waals surface area (Å²) < 4.78 is 0. The fraction of sp³-hybridized carbons (Fsp3) is 0.500. The Morgan fingerprint density at radius 2 is 2.00 bits per heavy atom. The first kappa shape index (κ1) is 16.0. The number of hydrogen-bond acceptors (Lipinski definition) is 4. The van der Waals surface area contributed by atoms with E-state index in [1.807, 2.05) is 30.5 Å². The summed E-state index contributed by atoms with van der Waals surface area (Å²) in [6, 6.07) is 7.99. The molecule has 1 amide bonds. The van der Waals surface area contributed by atoms with Crippen molar-refractivity contribution in [2.24, 2.45) is 0 Å². The quantitative estimate of drug-likeness (QED) is 0.714. The molecule has 0 radical (unpaired) electrons. The normalized spacial score (nSPS) is 13.9. The Hall–Kier alpha value is -1.04. The maximum absolute atomic E-state index is 10.9. The highest BCUT2D eigenvalue weighted by Gasteiger charge is 2.14. The van der Waals surface area contributed by atoms with Crippen LogP contribution in [0.25, 0.3) is 0 Å². The lowest BCUT2D eigenvalue weighted by Crippen LogP contribution is -2.37. The molecule has 0 aliphatic rings. The molecule has 2 atom stereocenters. The van der Waals surface area contributed by atoms with E-state index in [4.69, 9.17) is 0 Å². The third-order valence-corrected chi connectivity index (χ3v) is 4.11. The first-order valence-corrected chi connectivity index (χ1v) is 7.59. The van der Waals surface area contributed by atoms with Crippen LogP contribution in [0.2, 0.25) is 0 Å². The molecule has 5 heteroatoms. The Morgan fingerprint density at radius 1 is 1.37 bits per heavy atom. The van der Waals surface area contributed by atoms with Crippen LogP contribution in [0.1, 0.15) is 19.4 Å². The Morgan fingerprint density at radius 3 is 2.47 bits per heavy atom. The molecule has 0 fully saturated rings. The zero-order valence-corrected chi connectivity index (χ0v) is 12.5. The number of aliphatic hydroxyl groups excluding tert-OH is 1. The van der Waals surface area contributed by atoms with Gasteiger partial charge in [0.1, 0.15) is 0 Å². The van der Waals surface area contributed by atoms with Gasteiger partial charge < -0.3 is 15.7 Å². The third kappa shape index (κ3) is 5.63. The molecule has 4 nitrogen and oxygen atoms in total. The van der Waals surface area contributed by atoms with Crippen molar-refractivity contribution in [1.29, 1.82) is 0 Å². The maximum atomic E-state index is 10.9. The molecule has 0 spiro atoms. The van der Waals surface area contributed by atoms with E-state index in [1.54, 1.807) is 11.8 Å². The molecule has 1 rings (SSSR count). The molecule has 0 saturated carbocycles. The van der Waals surface area contributed by atoms with Crippen molar-refractivity contribution in [3.05, 3.63) is 29.8 Å². The molecule has 0 heterocycles. The molecule has 0 aliphatic heterocycles. The molecule has 0 bridgehead atoms. The van der Waals surface area contributed by atoms with E-state index >= 15 is 0 Å². The van der Waals surface area contributed by atoms with Crippen molar-refractivity contribution < 1.29 is 9.90 Å². The lowest BCUT2D eigenvalue weighted by Gasteiger charge is -2.21. The van der Waals surface area contributed by atoms with Gasteiger partial charge in [-0.3, -0.25) is 4.79 Å². The van der Waals surface area contributed by atoms with Gasteiger partial charge in [-0.25, -0.2) is 0 Å². The number of carbonyl (C=O) groups excluding carboxylic acids is 1. The van der Waals surface area contributed by atoms with Gasteiger partial charge >= 0.3 is 0 Å².